The largest absolute Gasteiger partial charge is 0.479 e. The lowest BCUT2D eigenvalue weighted by Crippen LogP contribution is -2.52. The quantitative estimate of drug-likeness (QED) is 0.226. The number of likely N-dealkylation sites (tertiary alicyclic amines) is 1. The third-order valence-electron chi connectivity index (χ3n) is 3.61. The number of carbonyl (C=O) groups is 1. The summed E-state index contributed by atoms with van der Waals surface area (Å²) in [6.07, 6.45) is -10.3. The highest BCUT2D eigenvalue weighted by Gasteiger charge is 2.42. The van der Waals surface area contributed by atoms with Crippen molar-refractivity contribution in [3.05, 3.63) is 0 Å². The van der Waals surface area contributed by atoms with E-state index in [4.69, 9.17) is 15.3 Å². The SMILES string of the molecule is O=C(O)[C@@H](O)[C@@H](O)[C@H](O)[C@@H](O)CN1C[C@@H](O)[C@H](O)[C@H]1CO. The van der Waals surface area contributed by atoms with Gasteiger partial charge in [-0.25, -0.2) is 4.79 Å². The summed E-state index contributed by atoms with van der Waals surface area (Å²) in [6, 6.07) is -0.858. The Labute approximate surface area is 120 Å². The van der Waals surface area contributed by atoms with E-state index in [0.29, 0.717) is 0 Å². The van der Waals surface area contributed by atoms with Crippen molar-refractivity contribution in [2.45, 2.75) is 42.7 Å². The first-order valence-corrected chi connectivity index (χ1v) is 6.36. The van der Waals surface area contributed by atoms with Crippen LogP contribution in [0.5, 0.6) is 0 Å². The molecule has 0 aromatic rings. The number of carboxylic acid groups (broad SMARTS) is 1. The molecule has 8 N–H and O–H groups in total. The summed E-state index contributed by atoms with van der Waals surface area (Å²) in [7, 11) is 0. The molecular weight excluding hydrogens is 290 g/mol. The fourth-order valence-electron chi connectivity index (χ4n) is 2.30. The van der Waals surface area contributed by atoms with Gasteiger partial charge in [-0.3, -0.25) is 4.90 Å². The summed E-state index contributed by atoms with van der Waals surface area (Å²) in [5.74, 6) is -1.76. The van der Waals surface area contributed by atoms with Gasteiger partial charge >= 0.3 is 5.97 Å². The van der Waals surface area contributed by atoms with Gasteiger partial charge in [0.05, 0.1) is 31.0 Å². The third-order valence-corrected chi connectivity index (χ3v) is 3.61. The van der Waals surface area contributed by atoms with Crippen molar-refractivity contribution in [1.82, 2.24) is 4.90 Å². The summed E-state index contributed by atoms with van der Waals surface area (Å²) in [5, 5.41) is 74.6. The van der Waals surface area contributed by atoms with Crippen LogP contribution in [0.25, 0.3) is 0 Å². The number of β-amino-alcohol motifs (C(OH)–C–C–N with tert-alkyl or cyclic N) is 2. The Kier molecular flexibility index (Phi) is 6.43. The normalized spacial score (nSPS) is 32.6. The second-order valence-electron chi connectivity index (χ2n) is 5.09. The fraction of sp³-hybridized carbons (Fsp3) is 0.909. The van der Waals surface area contributed by atoms with Crippen LogP contribution in [-0.2, 0) is 4.79 Å². The molecule has 1 fully saturated rings. The summed E-state index contributed by atoms with van der Waals surface area (Å²) >= 11 is 0. The molecule has 124 valence electrons. The molecule has 0 radical (unpaired) electrons. The van der Waals surface area contributed by atoms with Crippen LogP contribution in [0.15, 0.2) is 0 Å². The van der Waals surface area contributed by atoms with E-state index in [2.05, 4.69) is 0 Å². The monoisotopic (exact) mass is 311 g/mol. The van der Waals surface area contributed by atoms with E-state index in [1.54, 1.807) is 0 Å². The van der Waals surface area contributed by atoms with Crippen molar-refractivity contribution < 1.29 is 45.6 Å². The molecule has 1 rings (SSSR count). The lowest BCUT2D eigenvalue weighted by atomic mass is 10.0. The number of nitrogens with zero attached hydrogens (tertiary/aromatic N) is 1. The molecule has 10 nitrogen and oxygen atoms in total. The van der Waals surface area contributed by atoms with Crippen LogP contribution in [0.3, 0.4) is 0 Å². The van der Waals surface area contributed by atoms with Gasteiger partial charge in [-0.15, -0.1) is 0 Å². The number of rotatable bonds is 7. The lowest BCUT2D eigenvalue weighted by Gasteiger charge is -2.30. The van der Waals surface area contributed by atoms with Gasteiger partial charge in [0.1, 0.15) is 12.2 Å². The van der Waals surface area contributed by atoms with Crippen LogP contribution in [0, 0.1) is 0 Å². The van der Waals surface area contributed by atoms with Crippen molar-refractivity contribution in [3.8, 4) is 0 Å². The van der Waals surface area contributed by atoms with E-state index in [-0.39, 0.29) is 13.1 Å². The Morgan fingerprint density at radius 3 is 2.19 bits per heavy atom. The minimum absolute atomic E-state index is 0.0756. The topological polar surface area (TPSA) is 182 Å². The molecule has 0 saturated carbocycles. The average Bonchev–Trinajstić information content (AvgIpc) is 2.70. The van der Waals surface area contributed by atoms with Gasteiger partial charge in [0.15, 0.2) is 6.10 Å². The van der Waals surface area contributed by atoms with Gasteiger partial charge in [0, 0.05) is 13.1 Å². The van der Waals surface area contributed by atoms with E-state index < -0.39 is 55.2 Å². The molecule has 21 heavy (non-hydrogen) atoms. The van der Waals surface area contributed by atoms with Gasteiger partial charge in [0.25, 0.3) is 0 Å². The predicted molar refractivity (Wildman–Crippen MR) is 66.1 cm³/mol. The van der Waals surface area contributed by atoms with Gasteiger partial charge in [-0.1, -0.05) is 0 Å². The molecule has 1 saturated heterocycles. The van der Waals surface area contributed by atoms with Gasteiger partial charge in [-0.05, 0) is 0 Å². The summed E-state index contributed by atoms with van der Waals surface area (Å²) in [6.45, 7) is -0.918. The van der Waals surface area contributed by atoms with E-state index in [0.717, 1.165) is 0 Å². The zero-order valence-electron chi connectivity index (χ0n) is 11.1. The second-order valence-corrected chi connectivity index (χ2v) is 5.09. The summed E-state index contributed by atoms with van der Waals surface area (Å²) in [5.41, 5.74) is 0. The molecule has 0 aliphatic carbocycles. The number of aliphatic carboxylic acids is 1. The maximum Gasteiger partial charge on any atom is 0.335 e. The van der Waals surface area contributed by atoms with E-state index in [1.165, 1.54) is 4.90 Å². The number of carboxylic acids is 1. The number of hydrogen-bond donors (Lipinski definition) is 8. The molecule has 0 unspecified atom stereocenters. The van der Waals surface area contributed by atoms with Gasteiger partial charge < -0.3 is 40.9 Å². The third kappa shape index (κ3) is 4.08. The van der Waals surface area contributed by atoms with Crippen molar-refractivity contribution in [2.24, 2.45) is 0 Å². The molecule has 1 heterocycles. The molecule has 0 aromatic heterocycles. The first kappa shape index (κ1) is 18.2. The minimum atomic E-state index is -2.27. The highest BCUT2D eigenvalue weighted by molar-refractivity contribution is 5.72. The predicted octanol–water partition coefficient (Wildman–Crippen LogP) is -5.09. The molecular formula is C11H21NO9. The maximum absolute atomic E-state index is 10.5. The maximum atomic E-state index is 10.5. The molecule has 1 aliphatic heterocycles. The number of hydrogen-bond acceptors (Lipinski definition) is 9. The highest BCUT2D eigenvalue weighted by atomic mass is 16.4. The first-order chi connectivity index (χ1) is 9.70. The Bertz CT molecular complexity index is 355. The minimum Gasteiger partial charge on any atom is -0.479 e. The summed E-state index contributed by atoms with van der Waals surface area (Å²) < 4.78 is 0. The van der Waals surface area contributed by atoms with E-state index in [9.17, 15) is 30.3 Å². The zero-order valence-corrected chi connectivity index (χ0v) is 11.1. The smallest absolute Gasteiger partial charge is 0.335 e. The highest BCUT2D eigenvalue weighted by Crippen LogP contribution is 2.19. The van der Waals surface area contributed by atoms with Crippen LogP contribution in [0.2, 0.25) is 0 Å². The van der Waals surface area contributed by atoms with E-state index in [1.807, 2.05) is 0 Å². The molecule has 10 heteroatoms. The first-order valence-electron chi connectivity index (χ1n) is 6.36. The van der Waals surface area contributed by atoms with Crippen molar-refractivity contribution in [1.29, 1.82) is 0 Å². The zero-order chi connectivity index (χ0) is 16.3. The average molecular weight is 311 g/mol. The van der Waals surface area contributed by atoms with Crippen LogP contribution in [-0.4, -0.2) is 114 Å². The van der Waals surface area contributed by atoms with Crippen molar-refractivity contribution in [2.75, 3.05) is 19.7 Å². The van der Waals surface area contributed by atoms with Crippen LogP contribution < -0.4 is 0 Å². The molecule has 0 bridgehead atoms. The lowest BCUT2D eigenvalue weighted by molar-refractivity contribution is -0.163. The van der Waals surface area contributed by atoms with Gasteiger partial charge in [0.2, 0.25) is 0 Å². The standard InChI is InChI=1S/C11H21NO9/c13-3-4-7(16)5(14)1-12(4)2-6(15)8(17)9(18)10(19)11(20)21/h4-10,13-19H,1-3H2,(H,20,21)/t4-,5-,6+,7-,8-,9+,10+/m1/s1. The Morgan fingerprint density at radius 2 is 1.71 bits per heavy atom. The molecule has 1 aliphatic rings. The summed E-state index contributed by atoms with van der Waals surface area (Å²) in [4.78, 5) is 11.8. The van der Waals surface area contributed by atoms with Gasteiger partial charge in [-0.2, -0.15) is 0 Å². The number of aliphatic hydroxyl groups excluding tert-OH is 7. The van der Waals surface area contributed by atoms with Crippen molar-refractivity contribution >= 4 is 5.97 Å². The fourth-order valence-corrected chi connectivity index (χ4v) is 2.30. The van der Waals surface area contributed by atoms with Crippen LogP contribution in [0.4, 0.5) is 0 Å². The Morgan fingerprint density at radius 1 is 1.14 bits per heavy atom. The van der Waals surface area contributed by atoms with Crippen molar-refractivity contribution in [3.63, 3.8) is 0 Å². The number of aliphatic hydroxyl groups is 7. The van der Waals surface area contributed by atoms with Crippen LogP contribution >= 0.6 is 0 Å². The van der Waals surface area contributed by atoms with E-state index >= 15 is 0 Å². The Hall–Kier alpha value is -0.850. The molecule has 0 amide bonds. The Balaban J connectivity index is 2.63. The molecule has 0 spiro atoms. The molecule has 7 atom stereocenters. The molecule has 0 aromatic carbocycles. The second kappa shape index (κ2) is 7.42. The van der Waals surface area contributed by atoms with Crippen LogP contribution in [0.1, 0.15) is 0 Å².